The molecule has 0 bridgehead atoms. The lowest BCUT2D eigenvalue weighted by atomic mass is 9.85. The van der Waals surface area contributed by atoms with E-state index in [1.165, 1.54) is 17.8 Å². The van der Waals surface area contributed by atoms with E-state index < -0.39 is 10.0 Å². The standard InChI is InChI=1S/C13H20BrNO2S2/c1-3-10-4-6-11(7-5-10)15-19(16,17)12-8-9(2)13(14)18-12/h8,10-11,15H,3-7H2,1-2H3. The third-order valence-corrected chi connectivity index (χ3v) is 7.98. The minimum absolute atomic E-state index is 0.106. The van der Waals surface area contributed by atoms with Crippen LogP contribution in [0, 0.1) is 12.8 Å². The summed E-state index contributed by atoms with van der Waals surface area (Å²) >= 11 is 4.66. The van der Waals surface area contributed by atoms with Gasteiger partial charge in [0.05, 0.1) is 3.79 Å². The van der Waals surface area contributed by atoms with Gasteiger partial charge in [-0.2, -0.15) is 0 Å². The van der Waals surface area contributed by atoms with Crippen molar-refractivity contribution in [3.8, 4) is 0 Å². The molecule has 0 radical (unpaired) electrons. The molecule has 0 amide bonds. The number of aryl methyl sites for hydroxylation is 1. The van der Waals surface area contributed by atoms with E-state index in [1.807, 2.05) is 6.92 Å². The highest BCUT2D eigenvalue weighted by atomic mass is 79.9. The fraction of sp³-hybridized carbons (Fsp3) is 0.692. The lowest BCUT2D eigenvalue weighted by molar-refractivity contribution is 0.306. The molecule has 0 atom stereocenters. The Morgan fingerprint density at radius 2 is 2.00 bits per heavy atom. The molecule has 1 heterocycles. The van der Waals surface area contributed by atoms with Gasteiger partial charge in [-0.25, -0.2) is 13.1 Å². The third-order valence-electron chi connectivity index (χ3n) is 3.85. The molecule has 0 spiro atoms. The van der Waals surface area contributed by atoms with Gasteiger partial charge in [0.1, 0.15) is 4.21 Å². The summed E-state index contributed by atoms with van der Waals surface area (Å²) in [6.45, 7) is 4.12. The zero-order valence-corrected chi connectivity index (χ0v) is 14.5. The lowest BCUT2D eigenvalue weighted by Crippen LogP contribution is -2.37. The smallest absolute Gasteiger partial charge is 0.207 e. The average molecular weight is 366 g/mol. The summed E-state index contributed by atoms with van der Waals surface area (Å²) in [5.41, 5.74) is 0.972. The molecule has 108 valence electrons. The second-order valence-corrected chi connectivity index (χ2v) is 9.58. The van der Waals surface area contributed by atoms with Crippen LogP contribution in [-0.2, 0) is 10.0 Å². The molecule has 1 aromatic rings. The molecule has 0 aliphatic heterocycles. The maximum Gasteiger partial charge on any atom is 0.250 e. The Balaban J connectivity index is 2.02. The number of sulfonamides is 1. The van der Waals surface area contributed by atoms with Crippen LogP contribution in [0.4, 0.5) is 0 Å². The monoisotopic (exact) mass is 365 g/mol. The van der Waals surface area contributed by atoms with E-state index in [0.717, 1.165) is 41.0 Å². The van der Waals surface area contributed by atoms with Crippen molar-refractivity contribution in [2.75, 3.05) is 0 Å². The van der Waals surface area contributed by atoms with Crippen LogP contribution in [0.1, 0.15) is 44.6 Å². The molecule has 1 aliphatic rings. The van der Waals surface area contributed by atoms with Crippen molar-refractivity contribution in [2.45, 2.75) is 56.2 Å². The Hall–Kier alpha value is 0.0900. The summed E-state index contributed by atoms with van der Waals surface area (Å²) in [5.74, 6) is 0.777. The van der Waals surface area contributed by atoms with Crippen molar-refractivity contribution < 1.29 is 8.42 Å². The lowest BCUT2D eigenvalue weighted by Gasteiger charge is -2.27. The third kappa shape index (κ3) is 3.80. The Kier molecular flexibility index (Phi) is 5.09. The summed E-state index contributed by atoms with van der Waals surface area (Å²) < 4.78 is 28.8. The summed E-state index contributed by atoms with van der Waals surface area (Å²) in [4.78, 5) is 0. The number of rotatable bonds is 4. The van der Waals surface area contributed by atoms with E-state index >= 15 is 0 Å². The molecular formula is C13H20BrNO2S2. The Morgan fingerprint density at radius 1 is 1.37 bits per heavy atom. The summed E-state index contributed by atoms with van der Waals surface area (Å²) in [7, 11) is -3.35. The van der Waals surface area contributed by atoms with Crippen LogP contribution in [0.5, 0.6) is 0 Å². The van der Waals surface area contributed by atoms with Crippen LogP contribution in [0.15, 0.2) is 14.1 Å². The van der Waals surface area contributed by atoms with Crippen molar-refractivity contribution in [3.05, 3.63) is 15.4 Å². The molecule has 1 saturated carbocycles. The number of hydrogen-bond acceptors (Lipinski definition) is 3. The molecule has 0 aromatic carbocycles. The molecule has 0 unspecified atom stereocenters. The normalized spacial score (nSPS) is 24.6. The van der Waals surface area contributed by atoms with Gasteiger partial charge >= 0.3 is 0 Å². The largest absolute Gasteiger partial charge is 0.250 e. The zero-order chi connectivity index (χ0) is 14.0. The van der Waals surface area contributed by atoms with E-state index in [9.17, 15) is 8.42 Å². The van der Waals surface area contributed by atoms with Crippen molar-refractivity contribution in [3.63, 3.8) is 0 Å². The Morgan fingerprint density at radius 3 is 2.47 bits per heavy atom. The van der Waals surface area contributed by atoms with Crippen LogP contribution >= 0.6 is 27.3 Å². The molecule has 1 fully saturated rings. The van der Waals surface area contributed by atoms with Gasteiger partial charge in [0.15, 0.2) is 0 Å². The highest BCUT2D eigenvalue weighted by Gasteiger charge is 2.26. The van der Waals surface area contributed by atoms with Crippen molar-refractivity contribution in [2.24, 2.45) is 5.92 Å². The van der Waals surface area contributed by atoms with E-state index in [4.69, 9.17) is 0 Å². The summed E-state index contributed by atoms with van der Waals surface area (Å²) in [5, 5.41) is 0. The van der Waals surface area contributed by atoms with E-state index in [-0.39, 0.29) is 6.04 Å². The van der Waals surface area contributed by atoms with E-state index in [0.29, 0.717) is 4.21 Å². The maximum atomic E-state index is 12.3. The molecule has 0 saturated heterocycles. The molecular weight excluding hydrogens is 346 g/mol. The first-order valence-corrected chi connectivity index (χ1v) is 9.80. The molecule has 19 heavy (non-hydrogen) atoms. The highest BCUT2D eigenvalue weighted by molar-refractivity contribution is 9.11. The minimum atomic E-state index is -3.35. The van der Waals surface area contributed by atoms with E-state index in [1.54, 1.807) is 6.07 Å². The molecule has 1 aromatic heterocycles. The van der Waals surface area contributed by atoms with Crippen LogP contribution in [0.25, 0.3) is 0 Å². The van der Waals surface area contributed by atoms with Gasteiger partial charge < -0.3 is 0 Å². The van der Waals surface area contributed by atoms with Gasteiger partial charge in [0.25, 0.3) is 0 Å². The number of nitrogens with one attached hydrogen (secondary N) is 1. The predicted molar refractivity (Wildman–Crippen MR) is 83.1 cm³/mol. The first-order chi connectivity index (χ1) is 8.92. The van der Waals surface area contributed by atoms with Gasteiger partial charge in [0.2, 0.25) is 10.0 Å². The number of hydrogen-bond donors (Lipinski definition) is 1. The fourth-order valence-corrected chi connectivity index (χ4v) is 6.08. The minimum Gasteiger partial charge on any atom is -0.207 e. The SMILES string of the molecule is CCC1CCC(NS(=O)(=O)c2cc(C)c(Br)s2)CC1. The maximum absolute atomic E-state index is 12.3. The van der Waals surface area contributed by atoms with Crippen molar-refractivity contribution in [1.29, 1.82) is 0 Å². The summed E-state index contributed by atoms with van der Waals surface area (Å²) in [6, 6.07) is 1.84. The van der Waals surface area contributed by atoms with Crippen molar-refractivity contribution in [1.82, 2.24) is 4.72 Å². The van der Waals surface area contributed by atoms with Crippen LogP contribution < -0.4 is 4.72 Å². The molecule has 1 N–H and O–H groups in total. The van der Waals surface area contributed by atoms with Gasteiger partial charge in [-0.15, -0.1) is 11.3 Å². The van der Waals surface area contributed by atoms with Gasteiger partial charge in [-0.05, 0) is 66.1 Å². The highest BCUT2D eigenvalue weighted by Crippen LogP contribution is 2.32. The molecule has 3 nitrogen and oxygen atoms in total. The van der Waals surface area contributed by atoms with Gasteiger partial charge in [-0.3, -0.25) is 0 Å². The summed E-state index contributed by atoms with van der Waals surface area (Å²) in [6.07, 6.45) is 5.40. The number of thiophene rings is 1. The number of halogens is 1. The predicted octanol–water partition coefficient (Wildman–Crippen LogP) is 4.07. The van der Waals surface area contributed by atoms with Gasteiger partial charge in [0, 0.05) is 6.04 Å². The quantitative estimate of drug-likeness (QED) is 0.873. The van der Waals surface area contributed by atoms with Crippen LogP contribution in [0.3, 0.4) is 0 Å². The average Bonchev–Trinajstić information content (AvgIpc) is 2.71. The zero-order valence-electron chi connectivity index (χ0n) is 11.3. The molecule has 6 heteroatoms. The van der Waals surface area contributed by atoms with E-state index in [2.05, 4.69) is 27.6 Å². The van der Waals surface area contributed by atoms with Gasteiger partial charge in [-0.1, -0.05) is 13.3 Å². The fourth-order valence-electron chi connectivity index (χ4n) is 2.53. The van der Waals surface area contributed by atoms with Crippen LogP contribution in [0.2, 0.25) is 0 Å². The Labute approximate surface area is 128 Å². The molecule has 2 rings (SSSR count). The van der Waals surface area contributed by atoms with Crippen molar-refractivity contribution >= 4 is 37.3 Å². The second kappa shape index (κ2) is 6.24. The first kappa shape index (κ1) is 15.5. The second-order valence-electron chi connectivity index (χ2n) is 5.27. The topological polar surface area (TPSA) is 46.2 Å². The Bertz CT molecular complexity index is 511. The van der Waals surface area contributed by atoms with Crippen LogP contribution in [-0.4, -0.2) is 14.5 Å². The molecule has 1 aliphatic carbocycles. The first-order valence-electron chi connectivity index (χ1n) is 6.70.